The summed E-state index contributed by atoms with van der Waals surface area (Å²) in [5.74, 6) is 0. The highest BCUT2D eigenvalue weighted by Crippen LogP contribution is 2.27. The molecule has 0 aliphatic heterocycles. The van der Waals surface area contributed by atoms with Gasteiger partial charge >= 0.3 is 0 Å². The summed E-state index contributed by atoms with van der Waals surface area (Å²) in [6.45, 7) is 1.16. The van der Waals surface area contributed by atoms with Crippen LogP contribution in [0, 0.1) is 0 Å². The summed E-state index contributed by atoms with van der Waals surface area (Å²) < 4.78 is 1.15. The topological polar surface area (TPSA) is 19.0 Å². The monoisotopic (exact) mass is 292 g/mol. The van der Waals surface area contributed by atoms with Crippen molar-refractivity contribution in [2.24, 2.45) is 0 Å². The Balaban J connectivity index is 1.77. The van der Waals surface area contributed by atoms with Crippen LogP contribution in [0.1, 0.15) is 18.4 Å². The maximum absolute atomic E-state index is 3.54. The Morgan fingerprint density at radius 2 is 2.24 bits per heavy atom. The van der Waals surface area contributed by atoms with Crippen LogP contribution in [0.3, 0.4) is 0 Å². The molecule has 1 aromatic carbocycles. The van der Waals surface area contributed by atoms with Gasteiger partial charge in [0.15, 0.2) is 0 Å². The maximum Gasteiger partial charge on any atom is 0.0457 e. The van der Waals surface area contributed by atoms with Crippen LogP contribution in [0.25, 0.3) is 10.9 Å². The fourth-order valence-electron chi connectivity index (χ4n) is 2.35. The van der Waals surface area contributed by atoms with Crippen molar-refractivity contribution in [1.82, 2.24) is 9.88 Å². The molecule has 1 saturated carbocycles. The lowest BCUT2D eigenvalue weighted by molar-refractivity contribution is 0.329. The minimum atomic E-state index is 0.854. The summed E-state index contributed by atoms with van der Waals surface area (Å²) in [7, 11) is 2.24. The fraction of sp³-hybridized carbons (Fsp3) is 0.429. The third-order valence-corrected chi connectivity index (χ3v) is 4.13. The average Bonchev–Trinajstić information content (AvgIpc) is 3.09. The van der Waals surface area contributed by atoms with Gasteiger partial charge in [0.05, 0.1) is 0 Å². The summed E-state index contributed by atoms with van der Waals surface area (Å²) in [6.07, 6.45) is 6.05. The van der Waals surface area contributed by atoms with Gasteiger partial charge in [-0.15, -0.1) is 0 Å². The Kier molecular flexibility index (Phi) is 2.97. The number of halogens is 1. The standard InChI is InChI=1S/C14H17BrN2/c1-17(12-3-4-12)7-6-10-9-16-14-5-2-11(15)8-13(10)14/h2,5,8-9,12,16H,3-4,6-7H2,1H3. The van der Waals surface area contributed by atoms with Crippen molar-refractivity contribution in [2.75, 3.05) is 13.6 Å². The van der Waals surface area contributed by atoms with Crippen LogP contribution < -0.4 is 0 Å². The van der Waals surface area contributed by atoms with Crippen LogP contribution in [0.4, 0.5) is 0 Å². The van der Waals surface area contributed by atoms with Crippen LogP contribution in [-0.4, -0.2) is 29.5 Å². The molecule has 1 heterocycles. The molecular weight excluding hydrogens is 276 g/mol. The molecule has 90 valence electrons. The predicted molar refractivity (Wildman–Crippen MR) is 75.4 cm³/mol. The lowest BCUT2D eigenvalue weighted by atomic mass is 10.1. The summed E-state index contributed by atoms with van der Waals surface area (Å²) in [4.78, 5) is 5.83. The van der Waals surface area contributed by atoms with Gasteiger partial charge in [-0.1, -0.05) is 15.9 Å². The molecule has 0 saturated heterocycles. The zero-order chi connectivity index (χ0) is 11.8. The Hall–Kier alpha value is -0.800. The molecule has 1 aliphatic rings. The number of aromatic nitrogens is 1. The molecule has 3 rings (SSSR count). The minimum Gasteiger partial charge on any atom is -0.361 e. The molecule has 0 amide bonds. The number of nitrogens with one attached hydrogen (secondary N) is 1. The number of fused-ring (bicyclic) bond motifs is 1. The van der Waals surface area contributed by atoms with Crippen LogP contribution in [0.2, 0.25) is 0 Å². The van der Waals surface area contributed by atoms with Gasteiger partial charge < -0.3 is 9.88 Å². The number of nitrogens with zero attached hydrogens (tertiary/aromatic N) is 1. The Labute approximate surface area is 110 Å². The van der Waals surface area contributed by atoms with Crippen molar-refractivity contribution in [3.63, 3.8) is 0 Å². The van der Waals surface area contributed by atoms with Gasteiger partial charge in [-0.3, -0.25) is 0 Å². The molecule has 0 radical (unpaired) electrons. The molecule has 1 aliphatic carbocycles. The number of aromatic amines is 1. The molecule has 0 spiro atoms. The number of hydrogen-bond acceptors (Lipinski definition) is 1. The van der Waals surface area contributed by atoms with Gasteiger partial charge in [-0.05, 0) is 50.1 Å². The van der Waals surface area contributed by atoms with Crippen LogP contribution in [-0.2, 0) is 6.42 Å². The molecule has 2 nitrogen and oxygen atoms in total. The van der Waals surface area contributed by atoms with E-state index in [0.717, 1.165) is 23.5 Å². The molecule has 3 heteroatoms. The molecular formula is C14H17BrN2. The van der Waals surface area contributed by atoms with Gasteiger partial charge in [0.1, 0.15) is 0 Å². The van der Waals surface area contributed by atoms with Gasteiger partial charge in [0.2, 0.25) is 0 Å². The molecule has 0 atom stereocenters. The Morgan fingerprint density at radius 1 is 1.41 bits per heavy atom. The lowest BCUT2D eigenvalue weighted by Crippen LogP contribution is -2.23. The molecule has 17 heavy (non-hydrogen) atoms. The summed E-state index contributed by atoms with van der Waals surface area (Å²) in [5.41, 5.74) is 2.66. The van der Waals surface area contributed by atoms with E-state index in [0.29, 0.717) is 0 Å². The van der Waals surface area contributed by atoms with E-state index < -0.39 is 0 Å². The van der Waals surface area contributed by atoms with Crippen molar-refractivity contribution in [2.45, 2.75) is 25.3 Å². The SMILES string of the molecule is CN(CCc1c[nH]c2ccc(Br)cc12)C1CC1. The fourth-order valence-corrected chi connectivity index (χ4v) is 2.71. The van der Waals surface area contributed by atoms with Crippen molar-refractivity contribution in [1.29, 1.82) is 0 Å². The summed E-state index contributed by atoms with van der Waals surface area (Å²) in [5, 5.41) is 1.35. The summed E-state index contributed by atoms with van der Waals surface area (Å²) >= 11 is 3.54. The van der Waals surface area contributed by atoms with Gasteiger partial charge in [-0.25, -0.2) is 0 Å². The first-order chi connectivity index (χ1) is 8.24. The van der Waals surface area contributed by atoms with Crippen LogP contribution in [0.5, 0.6) is 0 Å². The first kappa shape index (κ1) is 11.3. The van der Waals surface area contributed by atoms with Crippen LogP contribution in [0.15, 0.2) is 28.9 Å². The van der Waals surface area contributed by atoms with Gasteiger partial charge in [0, 0.05) is 34.2 Å². The Morgan fingerprint density at radius 3 is 3.00 bits per heavy atom. The normalized spacial score (nSPS) is 15.9. The molecule has 0 unspecified atom stereocenters. The van der Waals surface area contributed by atoms with E-state index in [1.807, 2.05) is 0 Å². The first-order valence-electron chi connectivity index (χ1n) is 6.20. The van der Waals surface area contributed by atoms with Crippen LogP contribution >= 0.6 is 15.9 Å². The van der Waals surface area contributed by atoms with E-state index in [2.05, 4.69) is 57.3 Å². The third kappa shape index (κ3) is 2.40. The minimum absolute atomic E-state index is 0.854. The smallest absolute Gasteiger partial charge is 0.0457 e. The lowest BCUT2D eigenvalue weighted by Gasteiger charge is -2.14. The second kappa shape index (κ2) is 4.46. The number of hydrogen-bond donors (Lipinski definition) is 1. The quantitative estimate of drug-likeness (QED) is 0.913. The highest BCUT2D eigenvalue weighted by atomic mass is 79.9. The zero-order valence-corrected chi connectivity index (χ0v) is 11.6. The number of benzene rings is 1. The largest absolute Gasteiger partial charge is 0.361 e. The van der Waals surface area contributed by atoms with E-state index in [9.17, 15) is 0 Å². The second-order valence-electron chi connectivity index (χ2n) is 4.97. The van der Waals surface area contributed by atoms with Crippen molar-refractivity contribution in [3.05, 3.63) is 34.4 Å². The third-order valence-electron chi connectivity index (χ3n) is 3.63. The van der Waals surface area contributed by atoms with Crippen molar-refractivity contribution in [3.8, 4) is 0 Å². The average molecular weight is 293 g/mol. The molecule has 2 aromatic rings. The van der Waals surface area contributed by atoms with Gasteiger partial charge in [0.25, 0.3) is 0 Å². The number of rotatable bonds is 4. The Bertz CT molecular complexity index is 528. The van der Waals surface area contributed by atoms with E-state index in [-0.39, 0.29) is 0 Å². The summed E-state index contributed by atoms with van der Waals surface area (Å²) in [6, 6.07) is 7.28. The van der Waals surface area contributed by atoms with E-state index in [4.69, 9.17) is 0 Å². The van der Waals surface area contributed by atoms with Crippen molar-refractivity contribution >= 4 is 26.8 Å². The zero-order valence-electron chi connectivity index (χ0n) is 10.0. The molecule has 1 N–H and O–H groups in total. The molecule has 1 fully saturated rings. The van der Waals surface area contributed by atoms with E-state index >= 15 is 0 Å². The van der Waals surface area contributed by atoms with E-state index in [1.165, 1.54) is 29.3 Å². The number of likely N-dealkylation sites (N-methyl/N-ethyl adjacent to an activating group) is 1. The highest BCUT2D eigenvalue weighted by Gasteiger charge is 2.25. The predicted octanol–water partition coefficient (Wildman–Crippen LogP) is 3.57. The first-order valence-corrected chi connectivity index (χ1v) is 6.99. The van der Waals surface area contributed by atoms with Crippen molar-refractivity contribution < 1.29 is 0 Å². The number of H-pyrrole nitrogens is 1. The van der Waals surface area contributed by atoms with Gasteiger partial charge in [-0.2, -0.15) is 0 Å². The highest BCUT2D eigenvalue weighted by molar-refractivity contribution is 9.10. The maximum atomic E-state index is 3.54. The van der Waals surface area contributed by atoms with E-state index in [1.54, 1.807) is 0 Å². The molecule has 0 bridgehead atoms. The second-order valence-corrected chi connectivity index (χ2v) is 5.88. The molecule has 1 aromatic heterocycles.